The molecule has 2 rings (SSSR count). The summed E-state index contributed by atoms with van der Waals surface area (Å²) in [5, 5.41) is 5.38. The monoisotopic (exact) mass is 345 g/mol. The van der Waals surface area contributed by atoms with Gasteiger partial charge in [0, 0.05) is 26.4 Å². The Morgan fingerprint density at radius 3 is 2.28 bits per heavy atom. The summed E-state index contributed by atoms with van der Waals surface area (Å²) in [5.74, 6) is -0.668. The summed E-state index contributed by atoms with van der Waals surface area (Å²) in [6, 6.07) is 8.34. The van der Waals surface area contributed by atoms with Gasteiger partial charge in [0.25, 0.3) is 0 Å². The van der Waals surface area contributed by atoms with Crippen molar-refractivity contribution in [1.29, 1.82) is 0 Å². The van der Waals surface area contributed by atoms with Crippen LogP contribution in [0.4, 0.5) is 0 Å². The molecular weight excluding hydrogens is 318 g/mol. The van der Waals surface area contributed by atoms with Crippen LogP contribution in [0.5, 0.6) is 0 Å². The molecule has 0 spiro atoms. The molecule has 0 radical (unpaired) electrons. The molecule has 0 aromatic heterocycles. The van der Waals surface area contributed by atoms with Gasteiger partial charge >= 0.3 is 0 Å². The van der Waals surface area contributed by atoms with Gasteiger partial charge in [-0.3, -0.25) is 14.4 Å². The molecule has 0 saturated carbocycles. The molecule has 1 fully saturated rings. The van der Waals surface area contributed by atoms with Crippen molar-refractivity contribution >= 4 is 17.7 Å². The second kappa shape index (κ2) is 9.20. The largest absolute Gasteiger partial charge is 0.345 e. The SMILES string of the molecule is CC(=O)NC(C)C(=O)NC(Cc1ccccc1)C(=O)N1CCCCC1. The Bertz CT molecular complexity index is 597. The van der Waals surface area contributed by atoms with E-state index in [4.69, 9.17) is 0 Å². The van der Waals surface area contributed by atoms with Crippen LogP contribution in [0.15, 0.2) is 30.3 Å². The molecule has 1 aromatic carbocycles. The summed E-state index contributed by atoms with van der Waals surface area (Å²) in [6.45, 7) is 4.45. The normalized spacial score (nSPS) is 16.6. The van der Waals surface area contributed by atoms with Gasteiger partial charge in [-0.2, -0.15) is 0 Å². The number of benzene rings is 1. The molecule has 2 unspecified atom stereocenters. The number of hydrogen-bond donors (Lipinski definition) is 2. The van der Waals surface area contributed by atoms with Crippen LogP contribution in [-0.4, -0.2) is 47.8 Å². The zero-order valence-corrected chi connectivity index (χ0v) is 15.0. The summed E-state index contributed by atoms with van der Waals surface area (Å²) >= 11 is 0. The van der Waals surface area contributed by atoms with Crippen molar-refractivity contribution in [3.05, 3.63) is 35.9 Å². The molecule has 2 atom stereocenters. The average molecular weight is 345 g/mol. The lowest BCUT2D eigenvalue weighted by atomic mass is 10.0. The van der Waals surface area contributed by atoms with E-state index < -0.39 is 12.1 Å². The van der Waals surface area contributed by atoms with E-state index in [2.05, 4.69) is 10.6 Å². The van der Waals surface area contributed by atoms with E-state index in [1.165, 1.54) is 6.92 Å². The number of nitrogens with zero attached hydrogens (tertiary/aromatic N) is 1. The lowest BCUT2D eigenvalue weighted by Gasteiger charge is -2.31. The third-order valence-corrected chi connectivity index (χ3v) is 4.38. The molecule has 136 valence electrons. The van der Waals surface area contributed by atoms with Crippen molar-refractivity contribution in [2.24, 2.45) is 0 Å². The van der Waals surface area contributed by atoms with Crippen LogP contribution in [-0.2, 0) is 20.8 Å². The van der Waals surface area contributed by atoms with Gasteiger partial charge in [-0.1, -0.05) is 30.3 Å². The van der Waals surface area contributed by atoms with Crippen molar-refractivity contribution in [2.75, 3.05) is 13.1 Å². The van der Waals surface area contributed by atoms with E-state index in [9.17, 15) is 14.4 Å². The van der Waals surface area contributed by atoms with Crippen LogP contribution < -0.4 is 10.6 Å². The maximum atomic E-state index is 12.9. The summed E-state index contributed by atoms with van der Waals surface area (Å²) in [6.07, 6.45) is 3.58. The number of rotatable bonds is 6. The fraction of sp³-hybridized carbons (Fsp3) is 0.526. The lowest BCUT2D eigenvalue weighted by Crippen LogP contribution is -2.54. The van der Waals surface area contributed by atoms with E-state index in [1.54, 1.807) is 6.92 Å². The van der Waals surface area contributed by atoms with E-state index >= 15 is 0 Å². The first-order valence-electron chi connectivity index (χ1n) is 8.87. The maximum absolute atomic E-state index is 12.9. The Balaban J connectivity index is 2.09. The Kier molecular flexibility index (Phi) is 6.98. The van der Waals surface area contributed by atoms with Crippen molar-refractivity contribution in [1.82, 2.24) is 15.5 Å². The van der Waals surface area contributed by atoms with Crippen molar-refractivity contribution in [2.45, 2.75) is 51.6 Å². The lowest BCUT2D eigenvalue weighted by molar-refractivity contribution is -0.137. The van der Waals surface area contributed by atoms with E-state index in [0.717, 1.165) is 37.9 Å². The first-order valence-corrected chi connectivity index (χ1v) is 8.87. The zero-order chi connectivity index (χ0) is 18.2. The first kappa shape index (κ1) is 19.0. The van der Waals surface area contributed by atoms with Gasteiger partial charge in [0.05, 0.1) is 0 Å². The van der Waals surface area contributed by atoms with Crippen LogP contribution in [0.1, 0.15) is 38.7 Å². The molecule has 1 aliphatic rings. The van der Waals surface area contributed by atoms with Gasteiger partial charge in [-0.25, -0.2) is 0 Å². The number of hydrogen-bond acceptors (Lipinski definition) is 3. The Labute approximate surface area is 149 Å². The highest BCUT2D eigenvalue weighted by molar-refractivity contribution is 5.91. The van der Waals surface area contributed by atoms with E-state index in [0.29, 0.717) is 6.42 Å². The Morgan fingerprint density at radius 2 is 1.68 bits per heavy atom. The van der Waals surface area contributed by atoms with Gasteiger partial charge in [-0.05, 0) is 31.7 Å². The number of carbonyl (C=O) groups excluding carboxylic acids is 3. The minimum Gasteiger partial charge on any atom is -0.345 e. The highest BCUT2D eigenvalue weighted by Gasteiger charge is 2.28. The van der Waals surface area contributed by atoms with Crippen molar-refractivity contribution in [3.63, 3.8) is 0 Å². The van der Waals surface area contributed by atoms with Gasteiger partial charge in [0.15, 0.2) is 0 Å². The number of likely N-dealkylation sites (tertiary alicyclic amines) is 1. The van der Waals surface area contributed by atoms with E-state index in [1.807, 2.05) is 35.2 Å². The highest BCUT2D eigenvalue weighted by Crippen LogP contribution is 2.12. The molecule has 1 heterocycles. The fourth-order valence-corrected chi connectivity index (χ4v) is 3.05. The topological polar surface area (TPSA) is 78.5 Å². The molecule has 3 amide bonds. The summed E-state index contributed by atoms with van der Waals surface area (Å²) < 4.78 is 0. The third-order valence-electron chi connectivity index (χ3n) is 4.38. The molecule has 0 aliphatic carbocycles. The predicted molar refractivity (Wildman–Crippen MR) is 95.8 cm³/mol. The molecule has 2 N–H and O–H groups in total. The minimum atomic E-state index is -0.676. The second-order valence-corrected chi connectivity index (χ2v) is 6.56. The van der Waals surface area contributed by atoms with Gasteiger partial charge in [0.2, 0.25) is 17.7 Å². The molecule has 1 saturated heterocycles. The molecule has 0 bridgehead atoms. The summed E-state index contributed by atoms with van der Waals surface area (Å²) in [4.78, 5) is 38.3. The fourth-order valence-electron chi connectivity index (χ4n) is 3.05. The number of piperidine rings is 1. The van der Waals surface area contributed by atoms with Crippen LogP contribution in [0.25, 0.3) is 0 Å². The highest BCUT2D eigenvalue weighted by atomic mass is 16.2. The molecular formula is C19H27N3O3. The number of nitrogens with one attached hydrogen (secondary N) is 2. The van der Waals surface area contributed by atoms with Crippen molar-refractivity contribution in [3.8, 4) is 0 Å². The van der Waals surface area contributed by atoms with Crippen LogP contribution >= 0.6 is 0 Å². The Hall–Kier alpha value is -2.37. The van der Waals surface area contributed by atoms with Crippen LogP contribution in [0.2, 0.25) is 0 Å². The second-order valence-electron chi connectivity index (χ2n) is 6.56. The molecule has 6 heteroatoms. The van der Waals surface area contributed by atoms with Crippen LogP contribution in [0.3, 0.4) is 0 Å². The zero-order valence-electron chi connectivity index (χ0n) is 15.0. The van der Waals surface area contributed by atoms with Crippen LogP contribution in [0, 0.1) is 0 Å². The number of carbonyl (C=O) groups is 3. The quantitative estimate of drug-likeness (QED) is 0.814. The summed E-state index contributed by atoms with van der Waals surface area (Å²) in [5.41, 5.74) is 0.991. The molecule has 6 nitrogen and oxygen atoms in total. The third kappa shape index (κ3) is 5.89. The number of amides is 3. The van der Waals surface area contributed by atoms with E-state index in [-0.39, 0.29) is 17.7 Å². The first-order chi connectivity index (χ1) is 12.0. The minimum absolute atomic E-state index is 0.0491. The molecule has 1 aromatic rings. The maximum Gasteiger partial charge on any atom is 0.245 e. The van der Waals surface area contributed by atoms with Crippen molar-refractivity contribution < 1.29 is 14.4 Å². The predicted octanol–water partition coefficient (Wildman–Crippen LogP) is 1.25. The smallest absolute Gasteiger partial charge is 0.245 e. The Morgan fingerprint density at radius 1 is 1.04 bits per heavy atom. The van der Waals surface area contributed by atoms with Gasteiger partial charge < -0.3 is 15.5 Å². The standard InChI is InChI=1S/C19H27N3O3/c1-14(20-15(2)23)18(24)21-17(13-16-9-5-3-6-10-16)19(25)22-11-7-4-8-12-22/h3,5-6,9-10,14,17H,4,7-8,11-13H2,1-2H3,(H,20,23)(H,21,24). The molecule has 1 aliphatic heterocycles. The van der Waals surface area contributed by atoms with Gasteiger partial charge in [0.1, 0.15) is 12.1 Å². The summed E-state index contributed by atoms with van der Waals surface area (Å²) in [7, 11) is 0. The van der Waals surface area contributed by atoms with Gasteiger partial charge in [-0.15, -0.1) is 0 Å². The molecule has 25 heavy (non-hydrogen) atoms. The average Bonchev–Trinajstić information content (AvgIpc) is 2.61.